The molecule has 1 aliphatic rings. The fourth-order valence-corrected chi connectivity index (χ4v) is 3.50. The molecule has 1 unspecified atom stereocenters. The lowest BCUT2D eigenvalue weighted by molar-refractivity contribution is 0.302. The third-order valence-electron chi connectivity index (χ3n) is 2.35. The van der Waals surface area contributed by atoms with E-state index >= 15 is 0 Å². The minimum Gasteiger partial charge on any atom is -0.472 e. The van der Waals surface area contributed by atoms with Crippen molar-refractivity contribution in [1.82, 2.24) is 5.09 Å². The normalized spacial score (nSPS) is 30.7. The molecule has 1 fully saturated rings. The molecule has 0 amide bonds. The molecule has 0 aromatic heterocycles. The van der Waals surface area contributed by atoms with Gasteiger partial charge in [-0.15, -0.1) is 0 Å². The van der Waals surface area contributed by atoms with E-state index in [1.807, 2.05) is 18.2 Å². The van der Waals surface area contributed by atoms with Crippen molar-refractivity contribution in [3.05, 3.63) is 35.9 Å². The van der Waals surface area contributed by atoms with Gasteiger partial charge in [-0.3, -0.25) is 0 Å². The zero-order valence-electron chi connectivity index (χ0n) is 8.55. The van der Waals surface area contributed by atoms with Crippen LogP contribution < -0.4 is 5.09 Å². The Hall–Kier alpha value is -0.120. The molecule has 15 heavy (non-hydrogen) atoms. The Labute approximate surface area is 95.9 Å². The molecule has 0 aliphatic carbocycles. The van der Waals surface area contributed by atoms with E-state index in [0.717, 1.165) is 6.42 Å². The van der Waals surface area contributed by atoms with Gasteiger partial charge in [0.15, 0.2) is 0 Å². The van der Waals surface area contributed by atoms with Gasteiger partial charge in [0, 0.05) is 0 Å². The molecule has 1 saturated heterocycles. The van der Waals surface area contributed by atoms with Gasteiger partial charge in [-0.1, -0.05) is 30.3 Å². The van der Waals surface area contributed by atoms with E-state index in [0.29, 0.717) is 6.61 Å². The second kappa shape index (κ2) is 4.81. The van der Waals surface area contributed by atoms with Crippen molar-refractivity contribution in [1.29, 1.82) is 0 Å². The van der Waals surface area contributed by atoms with Crippen LogP contribution in [-0.4, -0.2) is 19.8 Å². The number of hydrogen-bond acceptors (Lipinski definition) is 4. The molecule has 82 valence electrons. The van der Waals surface area contributed by atoms with Crippen LogP contribution >= 0.6 is 7.07 Å². The first-order valence-electron chi connectivity index (χ1n) is 4.84. The van der Waals surface area contributed by atoms with Gasteiger partial charge in [0.2, 0.25) is 7.07 Å². The van der Waals surface area contributed by atoms with Crippen LogP contribution in [0.2, 0.25) is 0 Å². The van der Waals surface area contributed by atoms with Crippen LogP contribution in [0.15, 0.2) is 30.3 Å². The van der Waals surface area contributed by atoms with E-state index in [1.54, 1.807) is 7.11 Å². The van der Waals surface area contributed by atoms with E-state index in [2.05, 4.69) is 17.2 Å². The van der Waals surface area contributed by atoms with E-state index in [-0.39, 0.29) is 6.04 Å². The fraction of sp³-hybridized carbons (Fsp3) is 0.400. The predicted molar refractivity (Wildman–Crippen MR) is 64.3 cm³/mol. The molecule has 1 aromatic carbocycles. The molecule has 3 nitrogen and oxygen atoms in total. The monoisotopic (exact) mass is 243 g/mol. The first-order chi connectivity index (χ1) is 7.22. The summed E-state index contributed by atoms with van der Waals surface area (Å²) < 4.78 is 10.6. The standard InChI is InChI=1S/C10H14NO2PS/c1-12-14(15)11-10(8-13-14)7-9-5-3-2-4-6-9/h2-6,10H,7-8H2,1H3,(H,11,15)/t10-,14?/m0/s1. The Morgan fingerprint density at radius 1 is 1.53 bits per heavy atom. The first kappa shape index (κ1) is 11.4. The predicted octanol–water partition coefficient (Wildman–Crippen LogP) is 2.09. The Balaban J connectivity index is 1.93. The van der Waals surface area contributed by atoms with Crippen molar-refractivity contribution in [2.24, 2.45) is 0 Å². The largest absolute Gasteiger partial charge is 0.472 e. The molecule has 0 bridgehead atoms. The lowest BCUT2D eigenvalue weighted by Crippen LogP contribution is -2.25. The summed E-state index contributed by atoms with van der Waals surface area (Å²) >= 11 is 5.22. The maximum absolute atomic E-state index is 5.47. The van der Waals surface area contributed by atoms with Gasteiger partial charge in [0.1, 0.15) is 6.61 Å². The summed E-state index contributed by atoms with van der Waals surface area (Å²) in [7, 11) is -0.565. The molecular formula is C10H14NO2PS. The van der Waals surface area contributed by atoms with Crippen molar-refractivity contribution in [2.75, 3.05) is 13.7 Å². The molecular weight excluding hydrogens is 229 g/mol. The molecule has 5 heteroatoms. The smallest absolute Gasteiger partial charge is 0.228 e. The average molecular weight is 243 g/mol. The Bertz CT molecular complexity index is 324. The maximum atomic E-state index is 5.47. The summed E-state index contributed by atoms with van der Waals surface area (Å²) in [6.45, 7) is 0.639. The van der Waals surface area contributed by atoms with Crippen LogP contribution in [0.5, 0.6) is 0 Å². The van der Waals surface area contributed by atoms with Crippen molar-refractivity contribution in [2.45, 2.75) is 12.5 Å². The van der Waals surface area contributed by atoms with Crippen molar-refractivity contribution in [3.8, 4) is 0 Å². The third-order valence-corrected chi connectivity index (χ3v) is 5.08. The number of benzene rings is 1. The Kier molecular flexibility index (Phi) is 3.65. The summed E-state index contributed by atoms with van der Waals surface area (Å²) in [4.78, 5) is 0. The highest BCUT2D eigenvalue weighted by Gasteiger charge is 2.37. The molecule has 2 atom stereocenters. The first-order valence-corrected chi connectivity index (χ1v) is 7.48. The SMILES string of the molecule is CO[P+]1([S-])N[C@@H](Cc2ccccc2)CO1. The summed E-state index contributed by atoms with van der Waals surface area (Å²) in [5.41, 5.74) is 1.29. The number of nitrogens with one attached hydrogen (secondary N) is 1. The van der Waals surface area contributed by atoms with Gasteiger partial charge in [-0.25, -0.2) is 9.05 Å². The third kappa shape index (κ3) is 2.92. The average Bonchev–Trinajstić information content (AvgIpc) is 2.63. The van der Waals surface area contributed by atoms with E-state index in [9.17, 15) is 0 Å². The Morgan fingerprint density at radius 3 is 2.87 bits per heavy atom. The van der Waals surface area contributed by atoms with Crippen LogP contribution in [-0.2, 0) is 27.7 Å². The highest BCUT2D eigenvalue weighted by atomic mass is 32.7. The quantitative estimate of drug-likeness (QED) is 0.650. The molecule has 2 rings (SSSR count). The Morgan fingerprint density at radius 2 is 2.27 bits per heavy atom. The second-order valence-electron chi connectivity index (χ2n) is 3.49. The highest BCUT2D eigenvalue weighted by molar-refractivity contribution is 8.37. The molecule has 1 heterocycles. The van der Waals surface area contributed by atoms with Gasteiger partial charge >= 0.3 is 0 Å². The molecule has 1 aromatic rings. The van der Waals surface area contributed by atoms with Crippen molar-refractivity contribution >= 4 is 19.3 Å². The molecule has 0 spiro atoms. The van der Waals surface area contributed by atoms with Crippen molar-refractivity contribution in [3.63, 3.8) is 0 Å². The number of rotatable bonds is 3. The molecule has 1 aliphatic heterocycles. The highest BCUT2D eigenvalue weighted by Crippen LogP contribution is 2.57. The van der Waals surface area contributed by atoms with Gasteiger partial charge in [0.25, 0.3) is 0 Å². The van der Waals surface area contributed by atoms with Gasteiger partial charge < -0.3 is 12.2 Å². The van der Waals surface area contributed by atoms with Gasteiger partial charge in [0.05, 0.1) is 13.2 Å². The van der Waals surface area contributed by atoms with E-state index in [4.69, 9.17) is 21.3 Å². The fourth-order valence-electron chi connectivity index (χ4n) is 1.59. The topological polar surface area (TPSA) is 30.5 Å². The maximum Gasteiger partial charge on any atom is 0.228 e. The lowest BCUT2D eigenvalue weighted by atomic mass is 10.1. The molecule has 0 saturated carbocycles. The molecule has 1 N–H and O–H groups in total. The van der Waals surface area contributed by atoms with Gasteiger partial charge in [-0.2, -0.15) is 5.09 Å². The van der Waals surface area contributed by atoms with Crippen LogP contribution in [0.25, 0.3) is 0 Å². The summed E-state index contributed by atoms with van der Waals surface area (Å²) in [6.07, 6.45) is 0.933. The van der Waals surface area contributed by atoms with E-state index < -0.39 is 7.07 Å². The minimum atomic E-state index is -2.16. The number of hydrogen-bond donors (Lipinski definition) is 1. The zero-order valence-corrected chi connectivity index (χ0v) is 10.3. The van der Waals surface area contributed by atoms with Crippen LogP contribution in [0.1, 0.15) is 5.56 Å². The van der Waals surface area contributed by atoms with Crippen LogP contribution in [0.3, 0.4) is 0 Å². The second-order valence-corrected chi connectivity index (χ2v) is 6.81. The minimum absolute atomic E-state index is 0.276. The van der Waals surface area contributed by atoms with Gasteiger partial charge in [-0.05, 0) is 12.0 Å². The summed E-state index contributed by atoms with van der Waals surface area (Å²) in [6, 6.07) is 10.6. The van der Waals surface area contributed by atoms with Crippen molar-refractivity contribution < 1.29 is 9.05 Å². The lowest BCUT2D eigenvalue weighted by Gasteiger charge is -2.20. The molecule has 0 radical (unpaired) electrons. The van der Waals surface area contributed by atoms with E-state index in [1.165, 1.54) is 5.56 Å². The van der Waals surface area contributed by atoms with Crippen LogP contribution in [0, 0.1) is 0 Å². The summed E-state index contributed by atoms with van der Waals surface area (Å²) in [5, 5.41) is 3.25. The zero-order chi connectivity index (χ0) is 10.7. The summed E-state index contributed by atoms with van der Waals surface area (Å²) in [5.74, 6) is 0. The van der Waals surface area contributed by atoms with Crippen LogP contribution in [0.4, 0.5) is 0 Å².